The predicted molar refractivity (Wildman–Crippen MR) is 169 cm³/mol. The maximum Gasteiger partial charge on any atom is 0.410 e. The summed E-state index contributed by atoms with van der Waals surface area (Å²) in [5.74, 6) is 0.745. The standard InChI is InChI=1S/C19H25NO3S.C14H17NS/c1-13-12-19(22,9-10-20(13)17(21)23-18(2,3)4)15-6-5-7-16-14(15)8-11-24-16;1-10-9-11(5-7-15-10)12-3-2-4-14-13(12)6-8-16-14/h5-8,11,13,22H,9-10,12H2,1-4H3;2-4,6,8,10-11,15H,5,7,9H2,1H3/t;10-,11-/m.0/s1. The lowest BCUT2D eigenvalue weighted by molar-refractivity contribution is -0.0538. The molecule has 40 heavy (non-hydrogen) atoms. The van der Waals surface area contributed by atoms with Crippen LogP contribution in [0.25, 0.3) is 20.2 Å². The number of fused-ring (bicyclic) bond motifs is 2. The number of hydrogen-bond donors (Lipinski definition) is 2. The van der Waals surface area contributed by atoms with Gasteiger partial charge >= 0.3 is 6.09 Å². The summed E-state index contributed by atoms with van der Waals surface area (Å²) in [5, 5.41) is 21.7. The number of nitrogens with one attached hydrogen (secondary N) is 1. The Morgan fingerprint density at radius 1 is 1.02 bits per heavy atom. The van der Waals surface area contributed by atoms with E-state index in [-0.39, 0.29) is 12.1 Å². The van der Waals surface area contributed by atoms with Gasteiger partial charge in [-0.3, -0.25) is 0 Å². The minimum absolute atomic E-state index is 0.0764. The van der Waals surface area contributed by atoms with Gasteiger partial charge in [0.2, 0.25) is 0 Å². The molecule has 0 radical (unpaired) electrons. The zero-order valence-electron chi connectivity index (χ0n) is 24.3. The molecule has 0 aliphatic carbocycles. The fraction of sp³-hybridized carbons (Fsp3) is 0.485. The van der Waals surface area contributed by atoms with Crippen LogP contribution < -0.4 is 5.32 Å². The number of ether oxygens (including phenoxy) is 1. The lowest BCUT2D eigenvalue weighted by atomic mass is 9.80. The Kier molecular flexibility index (Phi) is 8.58. The Morgan fingerprint density at radius 3 is 2.38 bits per heavy atom. The van der Waals surface area contributed by atoms with Gasteiger partial charge in [-0.1, -0.05) is 24.3 Å². The first-order valence-electron chi connectivity index (χ1n) is 14.4. The van der Waals surface area contributed by atoms with Crippen LogP contribution in [0.3, 0.4) is 0 Å². The van der Waals surface area contributed by atoms with E-state index in [9.17, 15) is 9.90 Å². The highest BCUT2D eigenvalue weighted by Crippen LogP contribution is 2.40. The van der Waals surface area contributed by atoms with Crippen molar-refractivity contribution in [3.8, 4) is 0 Å². The summed E-state index contributed by atoms with van der Waals surface area (Å²) in [6.45, 7) is 11.5. The third-order valence-electron chi connectivity index (χ3n) is 8.15. The highest BCUT2D eigenvalue weighted by atomic mass is 32.1. The zero-order valence-corrected chi connectivity index (χ0v) is 25.9. The summed E-state index contributed by atoms with van der Waals surface area (Å²) in [5.41, 5.74) is 1.12. The van der Waals surface area contributed by atoms with Gasteiger partial charge in [-0.2, -0.15) is 0 Å². The van der Waals surface area contributed by atoms with E-state index >= 15 is 0 Å². The molecule has 4 atom stereocenters. The number of benzene rings is 2. The monoisotopic (exact) mass is 578 g/mol. The van der Waals surface area contributed by atoms with Crippen molar-refractivity contribution in [2.75, 3.05) is 13.1 Å². The second-order valence-electron chi connectivity index (χ2n) is 12.4. The molecule has 2 aromatic carbocycles. The third-order valence-corrected chi connectivity index (χ3v) is 9.91. The van der Waals surface area contributed by atoms with Crippen LogP contribution in [0.15, 0.2) is 59.3 Å². The summed E-state index contributed by atoms with van der Waals surface area (Å²) >= 11 is 3.53. The molecule has 0 spiro atoms. The number of piperidine rings is 2. The molecule has 2 aromatic heterocycles. The molecule has 4 aromatic rings. The number of aliphatic hydroxyl groups is 1. The van der Waals surface area contributed by atoms with E-state index in [1.54, 1.807) is 21.8 Å². The van der Waals surface area contributed by atoms with E-state index < -0.39 is 11.2 Å². The topological polar surface area (TPSA) is 61.8 Å². The van der Waals surface area contributed by atoms with E-state index in [1.807, 2.05) is 51.2 Å². The molecule has 214 valence electrons. The van der Waals surface area contributed by atoms with Gasteiger partial charge in [-0.15, -0.1) is 22.7 Å². The van der Waals surface area contributed by atoms with Gasteiger partial charge in [-0.25, -0.2) is 4.79 Å². The largest absolute Gasteiger partial charge is 0.444 e. The first-order valence-corrected chi connectivity index (χ1v) is 16.2. The van der Waals surface area contributed by atoms with Crippen LogP contribution in [-0.2, 0) is 10.3 Å². The minimum Gasteiger partial charge on any atom is -0.444 e. The number of nitrogens with zero attached hydrogens (tertiary/aromatic N) is 1. The molecule has 2 aliphatic rings. The zero-order chi connectivity index (χ0) is 28.5. The molecule has 0 saturated carbocycles. The quantitative estimate of drug-likeness (QED) is 0.251. The number of carbonyl (C=O) groups is 1. The van der Waals surface area contributed by atoms with Crippen LogP contribution in [0.5, 0.6) is 0 Å². The minimum atomic E-state index is -0.904. The third kappa shape index (κ3) is 6.38. The van der Waals surface area contributed by atoms with Crippen molar-refractivity contribution in [3.05, 3.63) is 70.4 Å². The van der Waals surface area contributed by atoms with Crippen LogP contribution in [0, 0.1) is 0 Å². The van der Waals surface area contributed by atoms with Gasteiger partial charge in [0.1, 0.15) is 5.60 Å². The molecule has 2 saturated heterocycles. The van der Waals surface area contributed by atoms with E-state index in [2.05, 4.69) is 59.4 Å². The maximum absolute atomic E-state index is 12.4. The van der Waals surface area contributed by atoms with Crippen LogP contribution in [-0.4, -0.2) is 46.9 Å². The molecule has 6 rings (SSSR count). The Morgan fingerprint density at radius 2 is 1.70 bits per heavy atom. The molecule has 0 bridgehead atoms. The highest BCUT2D eigenvalue weighted by molar-refractivity contribution is 7.17. The SMILES string of the molecule is CC1CC(O)(c2cccc3sccc23)CCN1C(=O)OC(C)(C)C.C[C@H]1C[C@@H](c2cccc3sccc23)CCN1. The summed E-state index contributed by atoms with van der Waals surface area (Å²) in [7, 11) is 0. The number of thiophene rings is 2. The van der Waals surface area contributed by atoms with Crippen molar-refractivity contribution in [2.45, 2.75) is 89.5 Å². The Bertz CT molecular complexity index is 1450. The molecular weight excluding hydrogens is 537 g/mol. The van der Waals surface area contributed by atoms with Crippen LogP contribution in [0.4, 0.5) is 4.79 Å². The van der Waals surface area contributed by atoms with E-state index in [4.69, 9.17) is 4.74 Å². The van der Waals surface area contributed by atoms with Crippen molar-refractivity contribution in [2.24, 2.45) is 0 Å². The highest BCUT2D eigenvalue weighted by Gasteiger charge is 2.41. The Hall–Kier alpha value is -2.45. The average Bonchev–Trinajstić information content (AvgIpc) is 3.57. The molecule has 7 heteroatoms. The molecular formula is C33H42N2O3S2. The van der Waals surface area contributed by atoms with Crippen molar-refractivity contribution in [3.63, 3.8) is 0 Å². The molecule has 2 fully saturated rings. The second-order valence-corrected chi connectivity index (χ2v) is 14.3. The van der Waals surface area contributed by atoms with Crippen molar-refractivity contribution < 1.29 is 14.6 Å². The average molecular weight is 579 g/mol. The number of amides is 1. The van der Waals surface area contributed by atoms with Gasteiger partial charge in [-0.05, 0) is 123 Å². The van der Waals surface area contributed by atoms with Gasteiger partial charge in [0, 0.05) is 34.4 Å². The van der Waals surface area contributed by atoms with E-state index in [0.29, 0.717) is 25.4 Å². The van der Waals surface area contributed by atoms with E-state index in [1.165, 1.54) is 27.6 Å². The molecule has 2 unspecified atom stereocenters. The Labute approximate surface area is 246 Å². The van der Waals surface area contributed by atoms with Crippen molar-refractivity contribution >= 4 is 48.9 Å². The predicted octanol–water partition coefficient (Wildman–Crippen LogP) is 8.27. The summed E-state index contributed by atoms with van der Waals surface area (Å²) in [6.07, 6.45) is 3.28. The molecule has 1 amide bonds. The lowest BCUT2D eigenvalue weighted by Crippen LogP contribution is -2.51. The fourth-order valence-corrected chi connectivity index (χ4v) is 7.88. The molecule has 2 N–H and O–H groups in total. The number of likely N-dealkylation sites (tertiary alicyclic amines) is 1. The van der Waals surface area contributed by atoms with Crippen molar-refractivity contribution in [1.29, 1.82) is 0 Å². The van der Waals surface area contributed by atoms with Crippen molar-refractivity contribution in [1.82, 2.24) is 10.2 Å². The van der Waals surface area contributed by atoms with Crippen LogP contribution >= 0.6 is 22.7 Å². The first-order chi connectivity index (χ1) is 19.0. The molecule has 5 nitrogen and oxygen atoms in total. The summed E-state index contributed by atoms with van der Waals surface area (Å²) in [4.78, 5) is 14.1. The van der Waals surface area contributed by atoms with Gasteiger partial charge < -0.3 is 20.1 Å². The first kappa shape index (κ1) is 29.1. The fourth-order valence-electron chi connectivity index (χ4n) is 6.25. The van der Waals surface area contributed by atoms with Gasteiger partial charge in [0.15, 0.2) is 0 Å². The normalized spacial score (nSPS) is 25.4. The lowest BCUT2D eigenvalue weighted by Gasteiger charge is -2.43. The van der Waals surface area contributed by atoms with Crippen LogP contribution in [0.1, 0.15) is 77.3 Å². The maximum atomic E-state index is 12.4. The summed E-state index contributed by atoms with van der Waals surface area (Å²) in [6, 6.07) is 17.8. The number of carbonyl (C=O) groups excluding carboxylic acids is 1. The number of rotatable bonds is 2. The van der Waals surface area contributed by atoms with Gasteiger partial charge in [0.05, 0.1) is 5.60 Å². The van der Waals surface area contributed by atoms with Crippen LogP contribution in [0.2, 0.25) is 0 Å². The summed E-state index contributed by atoms with van der Waals surface area (Å²) < 4.78 is 8.10. The molecule has 4 heterocycles. The van der Waals surface area contributed by atoms with Gasteiger partial charge in [0.25, 0.3) is 0 Å². The second kappa shape index (κ2) is 11.8. The Balaban J connectivity index is 0.000000174. The van der Waals surface area contributed by atoms with E-state index in [0.717, 1.165) is 23.4 Å². The smallest absolute Gasteiger partial charge is 0.410 e. The number of hydrogen-bond acceptors (Lipinski definition) is 6. The molecule has 2 aliphatic heterocycles.